The number of halogens is 3. The van der Waals surface area contributed by atoms with Gasteiger partial charge in [0.05, 0.1) is 11.9 Å². The average Bonchev–Trinajstić information content (AvgIpc) is 2.55. The van der Waals surface area contributed by atoms with Crippen LogP contribution < -0.4 is 9.62 Å². The molecule has 0 aliphatic carbocycles. The van der Waals surface area contributed by atoms with Crippen molar-refractivity contribution < 1.29 is 13.2 Å². The number of hydrogen-bond donors (Lipinski definition) is 1. The van der Waals surface area contributed by atoms with Crippen LogP contribution in [0.3, 0.4) is 0 Å². The summed E-state index contributed by atoms with van der Waals surface area (Å²) in [6, 6.07) is 8.84. The van der Waals surface area contributed by atoms with Crippen LogP contribution in [-0.2, 0) is 21.4 Å². The van der Waals surface area contributed by atoms with Crippen molar-refractivity contribution in [3.05, 3.63) is 62.6 Å². The lowest BCUT2D eigenvalue weighted by atomic mass is 10.1. The number of sulfonamides is 1. The lowest BCUT2D eigenvalue weighted by Crippen LogP contribution is -2.48. The van der Waals surface area contributed by atoms with E-state index in [0.717, 1.165) is 10.6 Å². The average molecular weight is 450 g/mol. The fourth-order valence-electron chi connectivity index (χ4n) is 2.60. The number of aryl methyl sites for hydroxylation is 1. The van der Waals surface area contributed by atoms with Gasteiger partial charge in [-0.3, -0.25) is 9.10 Å². The maximum Gasteiger partial charge on any atom is 0.243 e. The molecule has 2 aromatic carbocycles. The third kappa shape index (κ3) is 5.51. The standard InChI is InChI=1S/C18H19Cl3N2O3S/c1-11-4-6-15(20)9-17(11)23(27(3,25)26)12(2)18(24)22-10-13-5-7-14(19)8-16(13)21/h4-9,12H,10H2,1-3H3,(H,22,24)/t12-/m1/s1. The molecular formula is C18H19Cl3N2O3S. The molecule has 0 fully saturated rings. The van der Waals surface area contributed by atoms with Crippen molar-refractivity contribution in [2.75, 3.05) is 10.6 Å². The van der Waals surface area contributed by atoms with Crippen molar-refractivity contribution in [3.8, 4) is 0 Å². The fourth-order valence-corrected chi connectivity index (χ4v) is 4.46. The number of anilines is 1. The van der Waals surface area contributed by atoms with Gasteiger partial charge >= 0.3 is 0 Å². The van der Waals surface area contributed by atoms with E-state index >= 15 is 0 Å². The lowest BCUT2D eigenvalue weighted by molar-refractivity contribution is -0.122. The van der Waals surface area contributed by atoms with Gasteiger partial charge in [-0.15, -0.1) is 0 Å². The normalized spacial score (nSPS) is 12.5. The summed E-state index contributed by atoms with van der Waals surface area (Å²) in [4.78, 5) is 12.6. The zero-order valence-corrected chi connectivity index (χ0v) is 18.0. The first-order valence-corrected chi connectivity index (χ1v) is 11.0. The summed E-state index contributed by atoms with van der Waals surface area (Å²) in [5.41, 5.74) is 1.72. The molecule has 0 aliphatic rings. The van der Waals surface area contributed by atoms with E-state index in [1.165, 1.54) is 13.0 Å². The number of nitrogens with zero attached hydrogens (tertiary/aromatic N) is 1. The number of amides is 1. The molecule has 0 unspecified atom stereocenters. The van der Waals surface area contributed by atoms with E-state index < -0.39 is 22.0 Å². The number of nitrogens with one attached hydrogen (secondary N) is 1. The van der Waals surface area contributed by atoms with E-state index in [1.807, 2.05) is 0 Å². The molecule has 0 aromatic heterocycles. The molecule has 1 amide bonds. The molecule has 0 spiro atoms. The van der Waals surface area contributed by atoms with Crippen LogP contribution in [-0.4, -0.2) is 26.6 Å². The minimum absolute atomic E-state index is 0.144. The topological polar surface area (TPSA) is 66.5 Å². The first-order chi connectivity index (χ1) is 12.5. The van der Waals surface area contributed by atoms with E-state index in [1.54, 1.807) is 37.3 Å². The highest BCUT2D eigenvalue weighted by molar-refractivity contribution is 7.92. The van der Waals surface area contributed by atoms with Crippen LogP contribution in [0.2, 0.25) is 15.1 Å². The molecule has 1 atom stereocenters. The van der Waals surface area contributed by atoms with Gasteiger partial charge < -0.3 is 5.32 Å². The SMILES string of the molecule is Cc1ccc(Cl)cc1N([C@H](C)C(=O)NCc1ccc(Cl)cc1Cl)S(C)(=O)=O. The van der Waals surface area contributed by atoms with E-state index in [0.29, 0.717) is 31.9 Å². The summed E-state index contributed by atoms with van der Waals surface area (Å²) in [5.74, 6) is -0.467. The van der Waals surface area contributed by atoms with Crippen LogP contribution in [0.4, 0.5) is 5.69 Å². The van der Waals surface area contributed by atoms with Gasteiger partial charge in [-0.1, -0.05) is 46.9 Å². The Morgan fingerprint density at radius 2 is 1.70 bits per heavy atom. The van der Waals surface area contributed by atoms with Crippen LogP contribution in [0.5, 0.6) is 0 Å². The van der Waals surface area contributed by atoms with Crippen LogP contribution in [0.1, 0.15) is 18.1 Å². The van der Waals surface area contributed by atoms with Crippen molar-refractivity contribution in [3.63, 3.8) is 0 Å². The maximum atomic E-state index is 12.6. The first-order valence-electron chi connectivity index (χ1n) is 7.98. The molecule has 0 aliphatic heterocycles. The monoisotopic (exact) mass is 448 g/mol. The molecule has 0 heterocycles. The van der Waals surface area contributed by atoms with Gasteiger partial charge in [0.2, 0.25) is 15.9 Å². The molecule has 0 saturated heterocycles. The van der Waals surface area contributed by atoms with Crippen molar-refractivity contribution in [1.29, 1.82) is 0 Å². The van der Waals surface area contributed by atoms with Crippen LogP contribution in [0.25, 0.3) is 0 Å². The molecule has 0 bridgehead atoms. The van der Waals surface area contributed by atoms with Crippen molar-refractivity contribution in [2.45, 2.75) is 26.4 Å². The zero-order chi connectivity index (χ0) is 20.4. The maximum absolute atomic E-state index is 12.6. The van der Waals surface area contributed by atoms with Crippen LogP contribution in [0, 0.1) is 6.92 Å². The molecule has 0 saturated carbocycles. The van der Waals surface area contributed by atoms with Crippen LogP contribution >= 0.6 is 34.8 Å². The lowest BCUT2D eigenvalue weighted by Gasteiger charge is -2.29. The molecule has 9 heteroatoms. The minimum Gasteiger partial charge on any atom is -0.350 e. The van der Waals surface area contributed by atoms with E-state index in [4.69, 9.17) is 34.8 Å². The Morgan fingerprint density at radius 3 is 2.30 bits per heavy atom. The molecular weight excluding hydrogens is 431 g/mol. The van der Waals surface area contributed by atoms with Crippen molar-refractivity contribution in [2.24, 2.45) is 0 Å². The Labute approximate surface area is 174 Å². The predicted molar refractivity (Wildman–Crippen MR) is 111 cm³/mol. The quantitative estimate of drug-likeness (QED) is 0.709. The van der Waals surface area contributed by atoms with Gasteiger partial charge in [0.1, 0.15) is 6.04 Å². The summed E-state index contributed by atoms with van der Waals surface area (Å²) in [6.07, 6.45) is 1.05. The molecule has 1 N–H and O–H groups in total. The molecule has 0 radical (unpaired) electrons. The number of carbonyl (C=O) groups excluding carboxylic acids is 1. The highest BCUT2D eigenvalue weighted by Crippen LogP contribution is 2.28. The summed E-state index contributed by atoms with van der Waals surface area (Å²) < 4.78 is 25.8. The highest BCUT2D eigenvalue weighted by atomic mass is 35.5. The number of carbonyl (C=O) groups is 1. The Balaban J connectivity index is 2.26. The van der Waals surface area contributed by atoms with E-state index in [2.05, 4.69) is 5.32 Å². The number of hydrogen-bond acceptors (Lipinski definition) is 3. The number of benzene rings is 2. The van der Waals surface area contributed by atoms with E-state index in [9.17, 15) is 13.2 Å². The largest absolute Gasteiger partial charge is 0.350 e. The van der Waals surface area contributed by atoms with Crippen LogP contribution in [0.15, 0.2) is 36.4 Å². The zero-order valence-electron chi connectivity index (χ0n) is 15.0. The van der Waals surface area contributed by atoms with Gasteiger partial charge in [0, 0.05) is 21.6 Å². The first kappa shape index (κ1) is 21.8. The Bertz CT molecular complexity index is 964. The van der Waals surface area contributed by atoms with E-state index in [-0.39, 0.29) is 6.54 Å². The molecule has 2 aromatic rings. The second kappa shape index (κ2) is 8.69. The van der Waals surface area contributed by atoms with Crippen molar-refractivity contribution in [1.82, 2.24) is 5.32 Å². The minimum atomic E-state index is -3.73. The smallest absolute Gasteiger partial charge is 0.243 e. The third-order valence-electron chi connectivity index (χ3n) is 3.97. The third-order valence-corrected chi connectivity index (χ3v) is 6.01. The van der Waals surface area contributed by atoms with Gasteiger partial charge in [-0.25, -0.2) is 8.42 Å². The van der Waals surface area contributed by atoms with Gasteiger partial charge in [-0.2, -0.15) is 0 Å². The summed E-state index contributed by atoms with van der Waals surface area (Å²) in [6.45, 7) is 3.41. The summed E-state index contributed by atoms with van der Waals surface area (Å²) in [5, 5.41) is 4.00. The summed E-state index contributed by atoms with van der Waals surface area (Å²) >= 11 is 18.0. The second-order valence-corrected chi connectivity index (χ2v) is 9.26. The van der Waals surface area contributed by atoms with Gasteiger partial charge in [0.25, 0.3) is 0 Å². The second-order valence-electron chi connectivity index (χ2n) is 6.12. The molecule has 27 heavy (non-hydrogen) atoms. The van der Waals surface area contributed by atoms with Gasteiger partial charge in [0.15, 0.2) is 0 Å². The van der Waals surface area contributed by atoms with Gasteiger partial charge in [-0.05, 0) is 49.2 Å². The Hall–Kier alpha value is -1.47. The Morgan fingerprint density at radius 1 is 1.11 bits per heavy atom. The molecule has 2 rings (SSSR count). The Kier molecular flexibility index (Phi) is 7.03. The predicted octanol–water partition coefficient (Wildman–Crippen LogP) is 4.43. The number of rotatable bonds is 6. The molecule has 146 valence electrons. The highest BCUT2D eigenvalue weighted by Gasteiger charge is 2.30. The summed E-state index contributed by atoms with van der Waals surface area (Å²) in [7, 11) is -3.73. The van der Waals surface area contributed by atoms with Crippen molar-refractivity contribution >= 4 is 56.4 Å². The molecule has 5 nitrogen and oxygen atoms in total. The fraction of sp³-hybridized carbons (Fsp3) is 0.278.